The van der Waals surface area contributed by atoms with Crippen molar-refractivity contribution >= 4 is 17.7 Å². The molecule has 122 valence electrons. The average Bonchev–Trinajstić information content (AvgIpc) is 3.26. The molecule has 1 saturated carbocycles. The quantitative estimate of drug-likeness (QED) is 0.758. The van der Waals surface area contributed by atoms with Gasteiger partial charge in [-0.1, -0.05) is 23.9 Å². The maximum Gasteiger partial charge on any atom is 0.235 e. The van der Waals surface area contributed by atoms with E-state index in [2.05, 4.69) is 15.5 Å². The highest BCUT2D eigenvalue weighted by atomic mass is 32.2. The van der Waals surface area contributed by atoms with E-state index in [0.717, 1.165) is 18.4 Å². The molecule has 0 radical (unpaired) electrons. The zero-order valence-electron chi connectivity index (χ0n) is 13.0. The number of halogens is 1. The summed E-state index contributed by atoms with van der Waals surface area (Å²) in [4.78, 5) is 14.1. The Morgan fingerprint density at radius 3 is 3.00 bits per heavy atom. The van der Waals surface area contributed by atoms with E-state index in [1.807, 2.05) is 6.92 Å². The minimum atomic E-state index is -0.308. The van der Waals surface area contributed by atoms with E-state index in [-0.39, 0.29) is 17.0 Å². The number of thioether (sulfide) groups is 1. The van der Waals surface area contributed by atoms with Crippen molar-refractivity contribution in [3.8, 4) is 0 Å². The van der Waals surface area contributed by atoms with Gasteiger partial charge in [0.05, 0.1) is 11.3 Å². The van der Waals surface area contributed by atoms with Crippen LogP contribution in [0.3, 0.4) is 0 Å². The molecule has 0 N–H and O–H groups in total. The molecule has 1 aliphatic carbocycles. The summed E-state index contributed by atoms with van der Waals surface area (Å²) in [7, 11) is 1.72. The van der Waals surface area contributed by atoms with Gasteiger partial charge in [0.25, 0.3) is 0 Å². The minimum Gasteiger partial charge on any atom is -0.340 e. The monoisotopic (exact) mass is 335 g/mol. The Balaban J connectivity index is 1.61. The SMILES string of the molecule is CC(Sc1nnnn1C1CC1)C(=O)N(C)Cc1cccc(F)c1. The molecule has 1 amide bonds. The molecule has 0 aliphatic heterocycles. The Hall–Kier alpha value is -1.96. The smallest absolute Gasteiger partial charge is 0.235 e. The van der Waals surface area contributed by atoms with E-state index in [1.165, 1.54) is 23.9 Å². The van der Waals surface area contributed by atoms with E-state index >= 15 is 0 Å². The summed E-state index contributed by atoms with van der Waals surface area (Å²) in [5, 5.41) is 12.0. The molecule has 1 heterocycles. The van der Waals surface area contributed by atoms with Gasteiger partial charge in [-0.2, -0.15) is 0 Å². The number of aromatic nitrogens is 4. The fourth-order valence-electron chi connectivity index (χ4n) is 2.32. The summed E-state index contributed by atoms with van der Waals surface area (Å²) in [6.07, 6.45) is 2.17. The number of benzene rings is 1. The van der Waals surface area contributed by atoms with Crippen LogP contribution in [-0.2, 0) is 11.3 Å². The molecule has 1 fully saturated rings. The fourth-order valence-corrected chi connectivity index (χ4v) is 3.29. The highest BCUT2D eigenvalue weighted by molar-refractivity contribution is 8.00. The molecular weight excluding hydrogens is 317 g/mol. The molecule has 6 nitrogen and oxygen atoms in total. The topological polar surface area (TPSA) is 63.9 Å². The molecule has 2 aromatic rings. The molecule has 23 heavy (non-hydrogen) atoms. The number of hydrogen-bond donors (Lipinski definition) is 0. The Bertz CT molecular complexity index is 703. The third-order valence-electron chi connectivity index (χ3n) is 3.67. The fraction of sp³-hybridized carbons (Fsp3) is 0.467. The van der Waals surface area contributed by atoms with Gasteiger partial charge in [0.2, 0.25) is 11.1 Å². The van der Waals surface area contributed by atoms with Crippen molar-refractivity contribution in [1.29, 1.82) is 0 Å². The average molecular weight is 335 g/mol. The third kappa shape index (κ3) is 3.87. The van der Waals surface area contributed by atoms with Crippen LogP contribution in [0.2, 0.25) is 0 Å². The lowest BCUT2D eigenvalue weighted by molar-refractivity contribution is -0.129. The number of nitrogens with zero attached hydrogens (tertiary/aromatic N) is 5. The second kappa shape index (κ2) is 6.66. The molecule has 1 aliphatic rings. The van der Waals surface area contributed by atoms with Crippen LogP contribution >= 0.6 is 11.8 Å². The van der Waals surface area contributed by atoms with Crippen LogP contribution in [-0.4, -0.2) is 43.3 Å². The maximum atomic E-state index is 13.2. The maximum absolute atomic E-state index is 13.2. The lowest BCUT2D eigenvalue weighted by atomic mass is 10.2. The van der Waals surface area contributed by atoms with Crippen molar-refractivity contribution < 1.29 is 9.18 Å². The zero-order chi connectivity index (χ0) is 16.4. The molecule has 0 bridgehead atoms. The standard InChI is InChI=1S/C15H18FN5OS/c1-10(23-15-17-18-19-21(15)13-6-7-13)14(22)20(2)9-11-4-3-5-12(16)8-11/h3-5,8,10,13H,6-7,9H2,1-2H3. The zero-order valence-corrected chi connectivity index (χ0v) is 13.8. The van der Waals surface area contributed by atoms with Crippen molar-refractivity contribution in [3.63, 3.8) is 0 Å². The van der Waals surface area contributed by atoms with Gasteiger partial charge in [-0.05, 0) is 47.9 Å². The number of amides is 1. The number of rotatable bonds is 6. The largest absolute Gasteiger partial charge is 0.340 e. The van der Waals surface area contributed by atoms with Crippen molar-refractivity contribution in [1.82, 2.24) is 25.1 Å². The van der Waals surface area contributed by atoms with Crippen LogP contribution in [0.5, 0.6) is 0 Å². The molecule has 3 rings (SSSR count). The van der Waals surface area contributed by atoms with Crippen LogP contribution in [0.25, 0.3) is 0 Å². The molecule has 0 spiro atoms. The molecule has 8 heteroatoms. The minimum absolute atomic E-state index is 0.0374. The van der Waals surface area contributed by atoms with Gasteiger partial charge in [0.15, 0.2) is 0 Å². The van der Waals surface area contributed by atoms with E-state index in [1.54, 1.807) is 28.8 Å². The van der Waals surface area contributed by atoms with Gasteiger partial charge in [-0.25, -0.2) is 9.07 Å². The van der Waals surface area contributed by atoms with Crippen LogP contribution in [0, 0.1) is 5.82 Å². The number of carbonyl (C=O) groups is 1. The van der Waals surface area contributed by atoms with Crippen molar-refractivity contribution in [2.45, 2.75) is 42.8 Å². The third-order valence-corrected chi connectivity index (χ3v) is 4.71. The number of tetrazole rings is 1. The summed E-state index contributed by atoms with van der Waals surface area (Å²) in [5.41, 5.74) is 0.765. The summed E-state index contributed by atoms with van der Waals surface area (Å²) in [6.45, 7) is 2.20. The van der Waals surface area contributed by atoms with Gasteiger partial charge in [-0.15, -0.1) is 5.10 Å². The first-order chi connectivity index (χ1) is 11.0. The Kier molecular flexibility index (Phi) is 4.61. The lowest BCUT2D eigenvalue weighted by Gasteiger charge is -2.21. The van der Waals surface area contributed by atoms with Gasteiger partial charge in [-0.3, -0.25) is 4.79 Å². The van der Waals surface area contributed by atoms with Gasteiger partial charge >= 0.3 is 0 Å². The highest BCUT2D eigenvalue weighted by Crippen LogP contribution is 2.37. The van der Waals surface area contributed by atoms with Crippen molar-refractivity contribution in [3.05, 3.63) is 35.6 Å². The summed E-state index contributed by atoms with van der Waals surface area (Å²) in [6, 6.07) is 6.65. The van der Waals surface area contributed by atoms with Crippen molar-refractivity contribution in [2.24, 2.45) is 0 Å². The Labute approximate surface area is 138 Å². The highest BCUT2D eigenvalue weighted by Gasteiger charge is 2.30. The second-order valence-electron chi connectivity index (χ2n) is 5.72. The molecule has 1 aromatic carbocycles. The van der Waals surface area contributed by atoms with Crippen molar-refractivity contribution in [2.75, 3.05) is 7.05 Å². The predicted molar refractivity (Wildman–Crippen MR) is 84.3 cm³/mol. The van der Waals surface area contributed by atoms with Gasteiger partial charge in [0, 0.05) is 13.6 Å². The molecule has 1 aromatic heterocycles. The molecule has 0 saturated heterocycles. The summed E-state index contributed by atoms with van der Waals surface area (Å²) < 4.78 is 15.0. The lowest BCUT2D eigenvalue weighted by Crippen LogP contribution is -2.33. The normalized spacial score (nSPS) is 15.4. The number of carbonyl (C=O) groups excluding carboxylic acids is 1. The molecule has 1 atom stereocenters. The second-order valence-corrected chi connectivity index (χ2v) is 7.03. The Morgan fingerprint density at radius 2 is 2.30 bits per heavy atom. The van der Waals surface area contributed by atoms with E-state index < -0.39 is 0 Å². The van der Waals surface area contributed by atoms with Crippen LogP contribution in [0.4, 0.5) is 4.39 Å². The van der Waals surface area contributed by atoms with E-state index in [0.29, 0.717) is 17.7 Å². The first-order valence-electron chi connectivity index (χ1n) is 7.48. The number of hydrogen-bond acceptors (Lipinski definition) is 5. The Morgan fingerprint density at radius 1 is 1.52 bits per heavy atom. The first kappa shape index (κ1) is 15.9. The summed E-state index contributed by atoms with van der Waals surface area (Å²) in [5.74, 6) is -0.334. The molecule has 1 unspecified atom stereocenters. The van der Waals surface area contributed by atoms with Gasteiger partial charge in [0.1, 0.15) is 5.82 Å². The molecular formula is C15H18FN5OS. The first-order valence-corrected chi connectivity index (χ1v) is 8.36. The van der Waals surface area contributed by atoms with Crippen LogP contribution in [0.1, 0.15) is 31.4 Å². The van der Waals surface area contributed by atoms with E-state index in [4.69, 9.17) is 0 Å². The van der Waals surface area contributed by atoms with Gasteiger partial charge < -0.3 is 4.90 Å². The van der Waals surface area contributed by atoms with Crippen LogP contribution < -0.4 is 0 Å². The van der Waals surface area contributed by atoms with Crippen LogP contribution in [0.15, 0.2) is 29.4 Å². The van der Waals surface area contributed by atoms with E-state index in [9.17, 15) is 9.18 Å². The predicted octanol–water partition coefficient (Wildman–Crippen LogP) is 2.29. The summed E-state index contributed by atoms with van der Waals surface area (Å²) >= 11 is 1.36.